The zero-order valence-corrected chi connectivity index (χ0v) is 27.5. The van der Waals surface area contributed by atoms with E-state index in [0.29, 0.717) is 22.5 Å². The molecule has 0 aromatic heterocycles. The van der Waals surface area contributed by atoms with Crippen LogP contribution < -0.4 is 20.4 Å². The lowest BCUT2D eigenvalue weighted by Crippen LogP contribution is -2.44. The van der Waals surface area contributed by atoms with E-state index in [1.165, 1.54) is 0 Å². The Morgan fingerprint density at radius 2 is 1.04 bits per heavy atom. The fraction of sp³-hybridized carbons (Fsp3) is 0.400. The largest absolute Gasteiger partial charge is 0.478 e. The molecule has 46 heavy (non-hydrogen) atoms. The number of carbonyl (C=O) groups excluding carboxylic acids is 2. The molecule has 0 bridgehead atoms. The normalized spacial score (nSPS) is 15.8. The van der Waals surface area contributed by atoms with E-state index in [1.54, 1.807) is 57.2 Å². The minimum Gasteiger partial charge on any atom is -0.478 e. The minimum atomic E-state index is -0.870. The van der Waals surface area contributed by atoms with E-state index in [-0.39, 0.29) is 5.91 Å². The lowest BCUT2D eigenvalue weighted by molar-refractivity contribution is 0.0633. The molecular weight excluding hydrogens is 584 g/mol. The van der Waals surface area contributed by atoms with Gasteiger partial charge in [-0.1, -0.05) is 12.1 Å². The van der Waals surface area contributed by atoms with Crippen LogP contribution in [-0.4, -0.2) is 105 Å². The van der Waals surface area contributed by atoms with Crippen molar-refractivity contribution < 1.29 is 24.2 Å². The summed E-state index contributed by atoms with van der Waals surface area (Å²) in [7, 11) is 4.24. The van der Waals surface area contributed by atoms with Crippen LogP contribution in [0, 0.1) is 0 Å². The Morgan fingerprint density at radius 3 is 1.46 bits per heavy atom. The molecule has 246 valence electrons. The van der Waals surface area contributed by atoms with Crippen molar-refractivity contribution in [3.05, 3.63) is 83.9 Å². The van der Waals surface area contributed by atoms with Crippen molar-refractivity contribution in [3.8, 4) is 0 Å². The average molecular weight is 631 g/mol. The van der Waals surface area contributed by atoms with Crippen LogP contribution in [0.5, 0.6) is 0 Å². The Bertz CT molecular complexity index is 1460. The number of nitrogens with zero attached hydrogens (tertiary/aromatic N) is 4. The van der Waals surface area contributed by atoms with Gasteiger partial charge in [-0.2, -0.15) is 0 Å². The Morgan fingerprint density at radius 1 is 0.630 bits per heavy atom. The van der Waals surface area contributed by atoms with Crippen molar-refractivity contribution in [1.29, 1.82) is 0 Å². The number of carboxylic acids is 1. The molecule has 0 saturated carbocycles. The van der Waals surface area contributed by atoms with Crippen molar-refractivity contribution in [2.24, 2.45) is 0 Å². The second-order valence-electron chi connectivity index (χ2n) is 12.6. The van der Waals surface area contributed by atoms with Crippen LogP contribution in [0.1, 0.15) is 41.5 Å². The summed E-state index contributed by atoms with van der Waals surface area (Å²) in [6.07, 6.45) is -0.569. The van der Waals surface area contributed by atoms with Crippen LogP contribution in [0.15, 0.2) is 72.8 Å². The summed E-state index contributed by atoms with van der Waals surface area (Å²) in [5.41, 5.74) is 3.52. The van der Waals surface area contributed by atoms with Crippen molar-refractivity contribution >= 4 is 40.7 Å². The number of rotatable bonds is 6. The molecule has 0 aliphatic carbocycles. The van der Waals surface area contributed by atoms with Crippen molar-refractivity contribution in [1.82, 2.24) is 9.80 Å². The van der Waals surface area contributed by atoms with Gasteiger partial charge in [-0.15, -0.1) is 0 Å². The lowest BCUT2D eigenvalue weighted by atomic mass is 10.1. The summed E-state index contributed by atoms with van der Waals surface area (Å²) >= 11 is 0. The second kappa shape index (κ2) is 15.6. The third-order valence-electron chi connectivity index (χ3n) is 7.79. The number of aromatic carboxylic acids is 1. The number of carboxylic acid groups (broad SMARTS) is 1. The summed E-state index contributed by atoms with van der Waals surface area (Å²) in [4.78, 5) is 44.7. The highest BCUT2D eigenvalue weighted by atomic mass is 16.6. The van der Waals surface area contributed by atoms with Gasteiger partial charge >= 0.3 is 12.1 Å². The first-order chi connectivity index (χ1) is 21.9. The maximum Gasteiger partial charge on any atom is 0.412 e. The number of amides is 2. The summed E-state index contributed by atoms with van der Waals surface area (Å²) in [5, 5.41) is 14.4. The van der Waals surface area contributed by atoms with E-state index in [2.05, 4.69) is 44.3 Å². The Kier molecular flexibility index (Phi) is 11.6. The first-order valence-electron chi connectivity index (χ1n) is 15.6. The second-order valence-corrected chi connectivity index (χ2v) is 12.6. The first-order valence-corrected chi connectivity index (χ1v) is 15.6. The first kappa shape index (κ1) is 34.3. The number of para-hydroxylation sites is 2. The van der Waals surface area contributed by atoms with Gasteiger partial charge in [0.2, 0.25) is 0 Å². The summed E-state index contributed by atoms with van der Waals surface area (Å²) in [6.45, 7) is 13.5. The van der Waals surface area contributed by atoms with E-state index in [4.69, 9.17) is 9.84 Å². The number of piperazine rings is 2. The monoisotopic (exact) mass is 630 g/mol. The van der Waals surface area contributed by atoms with Gasteiger partial charge in [0.1, 0.15) is 5.60 Å². The van der Waals surface area contributed by atoms with Crippen LogP contribution in [-0.2, 0) is 4.74 Å². The van der Waals surface area contributed by atoms with Crippen LogP contribution >= 0.6 is 0 Å². The lowest BCUT2D eigenvalue weighted by Gasteiger charge is -2.34. The molecule has 2 aliphatic heterocycles. The van der Waals surface area contributed by atoms with Gasteiger partial charge in [0.25, 0.3) is 5.91 Å². The van der Waals surface area contributed by atoms with E-state index in [9.17, 15) is 14.4 Å². The molecule has 0 spiro atoms. The fourth-order valence-corrected chi connectivity index (χ4v) is 5.08. The topological polar surface area (TPSA) is 118 Å². The average Bonchev–Trinajstić information content (AvgIpc) is 3.02. The standard InChI is InChI=1S/C23H30N4O3.C12H16N2O2/c1-23(2,3)30-22(29)25-20-8-6-5-7-19(20)24-21(28)17-9-11-18(12-10-17)27-15-13-26(4)14-16-27;1-13-6-8-14(9-7-13)11-4-2-10(3-5-11)12(15)16/h5-12H,13-16H2,1-4H3,(H,24,28)(H,25,29);2-5H,6-9H2,1H3,(H,15,16). The molecule has 2 aliphatic rings. The minimum absolute atomic E-state index is 0.238. The van der Waals surface area contributed by atoms with Gasteiger partial charge in [0.05, 0.1) is 16.9 Å². The van der Waals surface area contributed by atoms with Crippen LogP contribution in [0.3, 0.4) is 0 Å². The highest BCUT2D eigenvalue weighted by Crippen LogP contribution is 2.24. The van der Waals surface area contributed by atoms with Gasteiger partial charge in [0.15, 0.2) is 0 Å². The Balaban J connectivity index is 0.000000252. The van der Waals surface area contributed by atoms with Gasteiger partial charge in [-0.25, -0.2) is 9.59 Å². The number of benzene rings is 3. The number of nitrogens with one attached hydrogen (secondary N) is 2. The number of anilines is 4. The van der Waals surface area contributed by atoms with Gasteiger partial charge in [-0.3, -0.25) is 10.1 Å². The molecule has 2 fully saturated rings. The Hall–Kier alpha value is -4.61. The summed E-state index contributed by atoms with van der Waals surface area (Å²) < 4.78 is 5.29. The van der Waals surface area contributed by atoms with Crippen molar-refractivity contribution in [3.63, 3.8) is 0 Å². The molecule has 2 saturated heterocycles. The molecule has 11 heteroatoms. The quantitative estimate of drug-likeness (QED) is 0.339. The van der Waals surface area contributed by atoms with E-state index >= 15 is 0 Å². The predicted octanol–water partition coefficient (Wildman–Crippen LogP) is 5.17. The van der Waals surface area contributed by atoms with Crippen molar-refractivity contribution in [2.45, 2.75) is 26.4 Å². The van der Waals surface area contributed by atoms with Crippen molar-refractivity contribution in [2.75, 3.05) is 86.9 Å². The maximum atomic E-state index is 12.7. The number of carbonyl (C=O) groups is 3. The molecular formula is C35H46N6O5. The number of hydrogen-bond acceptors (Lipinski definition) is 8. The SMILES string of the molecule is CN1CCN(c2ccc(C(=O)Nc3ccccc3NC(=O)OC(C)(C)C)cc2)CC1.CN1CCN(c2ccc(C(=O)O)cc2)CC1. The third-order valence-corrected chi connectivity index (χ3v) is 7.79. The van der Waals surface area contributed by atoms with Crippen LogP contribution in [0.4, 0.5) is 27.5 Å². The zero-order chi connectivity index (χ0) is 33.3. The summed E-state index contributed by atoms with van der Waals surface area (Å²) in [5.74, 6) is -1.11. The highest BCUT2D eigenvalue weighted by Gasteiger charge is 2.19. The molecule has 3 N–H and O–H groups in total. The molecule has 3 aromatic rings. The third kappa shape index (κ3) is 10.2. The number of ether oxygens (including phenoxy) is 1. The molecule has 0 unspecified atom stereocenters. The molecule has 11 nitrogen and oxygen atoms in total. The Labute approximate surface area is 271 Å². The van der Waals surface area contributed by atoms with E-state index in [0.717, 1.165) is 63.7 Å². The zero-order valence-electron chi connectivity index (χ0n) is 27.5. The molecule has 0 radical (unpaired) electrons. The predicted molar refractivity (Wildman–Crippen MR) is 184 cm³/mol. The molecule has 5 rings (SSSR count). The fourth-order valence-electron chi connectivity index (χ4n) is 5.08. The number of likely N-dealkylation sites (N-methyl/N-ethyl adjacent to an activating group) is 2. The van der Waals surface area contributed by atoms with E-state index < -0.39 is 17.7 Å². The van der Waals surface area contributed by atoms with Gasteiger partial charge in [-0.05, 0) is 95.5 Å². The number of hydrogen-bond donors (Lipinski definition) is 3. The van der Waals surface area contributed by atoms with Crippen LogP contribution in [0.25, 0.3) is 0 Å². The van der Waals surface area contributed by atoms with Gasteiger partial charge in [0, 0.05) is 69.3 Å². The van der Waals surface area contributed by atoms with Gasteiger partial charge < -0.3 is 34.8 Å². The molecule has 0 atom stereocenters. The molecule has 2 heterocycles. The highest BCUT2D eigenvalue weighted by molar-refractivity contribution is 6.07. The van der Waals surface area contributed by atoms with E-state index in [1.807, 2.05) is 36.4 Å². The van der Waals surface area contributed by atoms with Crippen LogP contribution in [0.2, 0.25) is 0 Å². The maximum absolute atomic E-state index is 12.7. The summed E-state index contributed by atoms with van der Waals surface area (Å²) in [6, 6.07) is 21.7. The molecule has 3 aromatic carbocycles. The molecule has 2 amide bonds. The smallest absolute Gasteiger partial charge is 0.412 e.